The normalized spacial score (nSPS) is 15.7. The minimum atomic E-state index is -0.957. The Labute approximate surface area is 179 Å². The average Bonchev–Trinajstić information content (AvgIpc) is 3.41. The minimum Gasteiger partial charge on any atom is -0.450 e. The number of benzene rings is 3. The van der Waals surface area contributed by atoms with Crippen molar-refractivity contribution < 1.29 is 13.6 Å². The first kappa shape index (κ1) is 18.0. The highest BCUT2D eigenvalue weighted by molar-refractivity contribution is 7.13. The van der Waals surface area contributed by atoms with Gasteiger partial charge in [0.25, 0.3) is 5.91 Å². The minimum absolute atomic E-state index is 0.0719. The van der Waals surface area contributed by atoms with E-state index < -0.39 is 17.8 Å². The van der Waals surface area contributed by atoms with E-state index in [9.17, 15) is 14.0 Å². The van der Waals surface area contributed by atoms with Gasteiger partial charge >= 0.3 is 0 Å². The van der Waals surface area contributed by atoms with Crippen LogP contribution < -0.4 is 10.3 Å². The Morgan fingerprint density at radius 2 is 1.77 bits per heavy atom. The topological polar surface area (TPSA) is 63.4 Å². The maximum atomic E-state index is 14.8. The summed E-state index contributed by atoms with van der Waals surface area (Å²) in [5, 5.41) is 4.09. The Morgan fingerprint density at radius 1 is 0.968 bits per heavy atom. The number of halogens is 1. The molecule has 1 atom stereocenters. The molecule has 31 heavy (non-hydrogen) atoms. The van der Waals surface area contributed by atoms with Crippen molar-refractivity contribution in [1.29, 1.82) is 0 Å². The molecule has 1 unspecified atom stereocenters. The Kier molecular flexibility index (Phi) is 3.82. The number of anilines is 1. The molecule has 2 aromatic heterocycles. The second-order valence-electron chi connectivity index (χ2n) is 7.25. The molecule has 0 saturated heterocycles. The van der Waals surface area contributed by atoms with Gasteiger partial charge in [0.2, 0.25) is 5.76 Å². The van der Waals surface area contributed by atoms with Crippen LogP contribution in [0.15, 0.2) is 81.5 Å². The number of nitrogens with zero attached hydrogens (tertiary/aromatic N) is 2. The highest BCUT2D eigenvalue weighted by Gasteiger charge is 2.45. The van der Waals surface area contributed by atoms with Crippen molar-refractivity contribution in [2.24, 2.45) is 0 Å². The molecule has 3 heterocycles. The average molecular weight is 428 g/mol. The quantitative estimate of drug-likeness (QED) is 0.358. The van der Waals surface area contributed by atoms with Crippen molar-refractivity contribution in [3.05, 3.63) is 105 Å². The first-order valence-corrected chi connectivity index (χ1v) is 10.5. The Morgan fingerprint density at radius 3 is 2.58 bits per heavy atom. The molecule has 7 heteroatoms. The maximum absolute atomic E-state index is 14.8. The van der Waals surface area contributed by atoms with E-state index in [1.54, 1.807) is 35.8 Å². The van der Waals surface area contributed by atoms with E-state index in [0.717, 1.165) is 10.8 Å². The molecule has 0 saturated carbocycles. The SMILES string of the molecule is O=C1c2oc3c(ccc4ccccc43)c(=O)c2C(c2ccccc2F)N1c1nccs1. The lowest BCUT2D eigenvalue weighted by atomic mass is 9.97. The van der Waals surface area contributed by atoms with E-state index in [-0.39, 0.29) is 22.3 Å². The predicted molar refractivity (Wildman–Crippen MR) is 117 cm³/mol. The van der Waals surface area contributed by atoms with Crippen LogP contribution in [0, 0.1) is 5.82 Å². The molecule has 0 spiro atoms. The van der Waals surface area contributed by atoms with Crippen molar-refractivity contribution in [2.75, 3.05) is 4.90 Å². The lowest BCUT2D eigenvalue weighted by molar-refractivity contribution is 0.0971. The van der Waals surface area contributed by atoms with E-state index in [2.05, 4.69) is 4.98 Å². The first-order chi connectivity index (χ1) is 15.1. The third-order valence-corrected chi connectivity index (χ3v) is 6.36. The third kappa shape index (κ3) is 2.50. The van der Waals surface area contributed by atoms with Gasteiger partial charge in [-0.25, -0.2) is 9.37 Å². The molecule has 5 aromatic rings. The van der Waals surface area contributed by atoms with Gasteiger partial charge in [0.1, 0.15) is 17.4 Å². The number of fused-ring (bicyclic) bond motifs is 4. The lowest BCUT2D eigenvalue weighted by Gasteiger charge is -2.22. The molecule has 6 rings (SSSR count). The zero-order chi connectivity index (χ0) is 21.1. The highest BCUT2D eigenvalue weighted by Crippen LogP contribution is 2.43. The monoisotopic (exact) mass is 428 g/mol. The summed E-state index contributed by atoms with van der Waals surface area (Å²) in [4.78, 5) is 32.7. The van der Waals surface area contributed by atoms with Gasteiger partial charge in [0, 0.05) is 22.5 Å². The Hall–Kier alpha value is -3.84. The summed E-state index contributed by atoms with van der Waals surface area (Å²) < 4.78 is 20.9. The molecule has 0 N–H and O–H groups in total. The van der Waals surface area contributed by atoms with Crippen LogP contribution in [0.4, 0.5) is 9.52 Å². The zero-order valence-corrected chi connectivity index (χ0v) is 16.7. The number of aromatic nitrogens is 1. The standard InChI is InChI=1S/C24H13FN2O3S/c25-17-8-4-3-7-15(17)19-18-20(28)16-10-9-13-5-1-2-6-14(13)21(16)30-22(18)23(29)27(19)24-26-11-12-31-24/h1-12,19H. The van der Waals surface area contributed by atoms with Crippen LogP contribution in [0.2, 0.25) is 0 Å². The zero-order valence-electron chi connectivity index (χ0n) is 15.9. The Balaban J connectivity index is 1.72. The largest absolute Gasteiger partial charge is 0.450 e. The summed E-state index contributed by atoms with van der Waals surface area (Å²) in [5.74, 6) is -1.09. The maximum Gasteiger partial charge on any atom is 0.297 e. The van der Waals surface area contributed by atoms with Crippen molar-refractivity contribution in [1.82, 2.24) is 4.98 Å². The van der Waals surface area contributed by atoms with Crippen LogP contribution in [-0.2, 0) is 0 Å². The van der Waals surface area contributed by atoms with Crippen LogP contribution in [-0.4, -0.2) is 10.9 Å². The molecule has 1 amide bonds. The summed E-state index contributed by atoms with van der Waals surface area (Å²) >= 11 is 1.24. The second-order valence-corrected chi connectivity index (χ2v) is 8.12. The van der Waals surface area contributed by atoms with Gasteiger partial charge in [-0.05, 0) is 17.5 Å². The molecular formula is C24H13FN2O3S. The molecule has 0 aliphatic carbocycles. The van der Waals surface area contributed by atoms with Crippen molar-refractivity contribution >= 4 is 44.1 Å². The fourth-order valence-electron chi connectivity index (χ4n) is 4.22. The third-order valence-electron chi connectivity index (χ3n) is 5.59. The van der Waals surface area contributed by atoms with Gasteiger partial charge in [0.15, 0.2) is 10.6 Å². The van der Waals surface area contributed by atoms with E-state index in [0.29, 0.717) is 16.1 Å². The molecular weight excluding hydrogens is 415 g/mol. The molecule has 0 radical (unpaired) electrons. The predicted octanol–water partition coefficient (Wildman–Crippen LogP) is 5.29. The van der Waals surface area contributed by atoms with Gasteiger partial charge in [-0.15, -0.1) is 11.3 Å². The molecule has 0 fully saturated rings. The molecule has 3 aromatic carbocycles. The summed E-state index contributed by atoms with van der Waals surface area (Å²) in [6.45, 7) is 0. The summed E-state index contributed by atoms with van der Waals surface area (Å²) in [7, 11) is 0. The van der Waals surface area contributed by atoms with Crippen LogP contribution >= 0.6 is 11.3 Å². The lowest BCUT2D eigenvalue weighted by Crippen LogP contribution is -2.29. The van der Waals surface area contributed by atoms with Gasteiger partial charge < -0.3 is 4.42 Å². The highest BCUT2D eigenvalue weighted by atomic mass is 32.1. The fraction of sp³-hybridized carbons (Fsp3) is 0.0417. The van der Waals surface area contributed by atoms with Crippen molar-refractivity contribution in [3.63, 3.8) is 0 Å². The smallest absolute Gasteiger partial charge is 0.297 e. The number of amides is 1. The number of carbonyl (C=O) groups excluding carboxylic acids is 1. The molecule has 5 nitrogen and oxygen atoms in total. The summed E-state index contributed by atoms with van der Waals surface area (Å²) in [5.41, 5.74) is 0.358. The molecule has 1 aliphatic heterocycles. The fourth-order valence-corrected chi connectivity index (χ4v) is 4.89. The van der Waals surface area contributed by atoms with Crippen molar-refractivity contribution in [3.8, 4) is 0 Å². The van der Waals surface area contributed by atoms with Crippen LogP contribution in [0.1, 0.15) is 27.7 Å². The first-order valence-electron chi connectivity index (χ1n) is 9.61. The van der Waals surface area contributed by atoms with Crippen molar-refractivity contribution in [2.45, 2.75) is 6.04 Å². The van der Waals surface area contributed by atoms with Crippen LogP contribution in [0.5, 0.6) is 0 Å². The number of carbonyl (C=O) groups is 1. The van der Waals surface area contributed by atoms with E-state index in [4.69, 9.17) is 4.42 Å². The molecule has 150 valence electrons. The van der Waals surface area contributed by atoms with Gasteiger partial charge in [-0.1, -0.05) is 48.5 Å². The number of rotatable bonds is 2. The van der Waals surface area contributed by atoms with Gasteiger partial charge in [-0.3, -0.25) is 14.5 Å². The molecule has 1 aliphatic rings. The Bertz CT molecular complexity index is 1560. The second kappa shape index (κ2) is 6.58. The van der Waals surface area contributed by atoms with Crippen LogP contribution in [0.3, 0.4) is 0 Å². The summed E-state index contributed by atoms with van der Waals surface area (Å²) in [6, 6.07) is 16.2. The number of hydrogen-bond donors (Lipinski definition) is 0. The molecule has 0 bridgehead atoms. The van der Waals surface area contributed by atoms with E-state index in [1.807, 2.05) is 30.3 Å². The van der Waals surface area contributed by atoms with Gasteiger partial charge in [0.05, 0.1) is 10.9 Å². The van der Waals surface area contributed by atoms with E-state index >= 15 is 0 Å². The number of hydrogen-bond acceptors (Lipinski definition) is 5. The van der Waals surface area contributed by atoms with Crippen LogP contribution in [0.25, 0.3) is 21.7 Å². The summed E-state index contributed by atoms with van der Waals surface area (Å²) in [6.07, 6.45) is 1.56. The van der Waals surface area contributed by atoms with Gasteiger partial charge in [-0.2, -0.15) is 0 Å². The van der Waals surface area contributed by atoms with E-state index in [1.165, 1.54) is 22.3 Å². The number of thiazole rings is 1.